The second-order valence-corrected chi connectivity index (χ2v) is 4.93. The van der Waals surface area contributed by atoms with Crippen molar-refractivity contribution in [2.24, 2.45) is 0 Å². The summed E-state index contributed by atoms with van der Waals surface area (Å²) >= 11 is 0. The smallest absolute Gasteiger partial charge is 0.397 e. The SMILES string of the molecule is CN(CCc1ccccc1)c1ccc(C(F)(F)F)cc1N. The van der Waals surface area contributed by atoms with Gasteiger partial charge in [-0.25, -0.2) is 0 Å². The van der Waals surface area contributed by atoms with Gasteiger partial charge in [0.15, 0.2) is 0 Å². The van der Waals surface area contributed by atoms with Gasteiger partial charge in [0.05, 0.1) is 16.9 Å². The molecule has 112 valence electrons. The molecule has 0 saturated carbocycles. The first-order valence-electron chi connectivity index (χ1n) is 6.59. The highest BCUT2D eigenvalue weighted by Gasteiger charge is 2.30. The lowest BCUT2D eigenvalue weighted by Crippen LogP contribution is -2.21. The molecule has 0 bridgehead atoms. The van der Waals surface area contributed by atoms with Crippen LogP contribution in [0.2, 0.25) is 0 Å². The number of nitrogens with two attached hydrogens (primary N) is 1. The minimum atomic E-state index is -4.37. The average molecular weight is 294 g/mol. The Balaban J connectivity index is 2.07. The van der Waals surface area contributed by atoms with Crippen molar-refractivity contribution in [2.75, 3.05) is 24.2 Å². The summed E-state index contributed by atoms with van der Waals surface area (Å²) in [6.45, 7) is 0.680. The summed E-state index contributed by atoms with van der Waals surface area (Å²) in [5.41, 5.74) is 6.95. The van der Waals surface area contributed by atoms with Gasteiger partial charge in [-0.05, 0) is 30.2 Å². The topological polar surface area (TPSA) is 29.3 Å². The molecule has 0 aromatic heterocycles. The maximum Gasteiger partial charge on any atom is 0.416 e. The maximum absolute atomic E-state index is 12.6. The summed E-state index contributed by atoms with van der Waals surface area (Å²) in [6.07, 6.45) is -3.56. The van der Waals surface area contributed by atoms with Crippen molar-refractivity contribution in [1.82, 2.24) is 0 Å². The van der Waals surface area contributed by atoms with E-state index in [1.165, 1.54) is 11.6 Å². The summed E-state index contributed by atoms with van der Waals surface area (Å²) in [6, 6.07) is 13.4. The van der Waals surface area contributed by atoms with Crippen molar-refractivity contribution in [2.45, 2.75) is 12.6 Å². The van der Waals surface area contributed by atoms with E-state index >= 15 is 0 Å². The summed E-state index contributed by atoms with van der Waals surface area (Å²) in [7, 11) is 1.82. The lowest BCUT2D eigenvalue weighted by molar-refractivity contribution is -0.137. The molecule has 2 aromatic rings. The van der Waals surface area contributed by atoms with E-state index < -0.39 is 11.7 Å². The number of nitrogen functional groups attached to an aromatic ring is 1. The summed E-state index contributed by atoms with van der Waals surface area (Å²) in [4.78, 5) is 1.86. The van der Waals surface area contributed by atoms with Gasteiger partial charge < -0.3 is 10.6 Å². The molecule has 21 heavy (non-hydrogen) atoms. The summed E-state index contributed by atoms with van der Waals surface area (Å²) < 4.78 is 37.8. The fourth-order valence-electron chi connectivity index (χ4n) is 2.14. The molecule has 0 saturated heterocycles. The molecule has 0 amide bonds. The third kappa shape index (κ3) is 3.90. The Morgan fingerprint density at radius 1 is 1.05 bits per heavy atom. The second kappa shape index (κ2) is 6.08. The van der Waals surface area contributed by atoms with Crippen LogP contribution in [0.3, 0.4) is 0 Å². The molecular weight excluding hydrogens is 277 g/mol. The standard InChI is InChI=1S/C16H17F3N2/c1-21(10-9-12-5-3-2-4-6-12)15-8-7-13(11-14(15)20)16(17,18)19/h2-8,11H,9-10,20H2,1H3. The lowest BCUT2D eigenvalue weighted by atomic mass is 10.1. The monoisotopic (exact) mass is 294 g/mol. The minimum absolute atomic E-state index is 0.139. The van der Waals surface area contributed by atoms with Crippen molar-refractivity contribution < 1.29 is 13.2 Å². The number of rotatable bonds is 4. The number of alkyl halides is 3. The van der Waals surface area contributed by atoms with Gasteiger partial charge in [0, 0.05) is 13.6 Å². The minimum Gasteiger partial charge on any atom is -0.397 e. The van der Waals surface area contributed by atoms with Crippen molar-refractivity contribution in [3.05, 3.63) is 59.7 Å². The zero-order valence-electron chi connectivity index (χ0n) is 11.7. The van der Waals surface area contributed by atoms with E-state index in [9.17, 15) is 13.2 Å². The Morgan fingerprint density at radius 2 is 1.71 bits per heavy atom. The first kappa shape index (κ1) is 15.2. The van der Waals surface area contributed by atoms with Gasteiger partial charge in [-0.2, -0.15) is 13.2 Å². The van der Waals surface area contributed by atoms with E-state index in [2.05, 4.69) is 0 Å². The fraction of sp³-hybridized carbons (Fsp3) is 0.250. The average Bonchev–Trinajstić information content (AvgIpc) is 2.45. The Bertz CT molecular complexity index is 594. The van der Waals surface area contributed by atoms with Crippen LogP contribution in [0.5, 0.6) is 0 Å². The molecule has 0 heterocycles. The van der Waals surface area contributed by atoms with Crippen LogP contribution in [0.25, 0.3) is 0 Å². The van der Waals surface area contributed by atoms with Gasteiger partial charge in [0.2, 0.25) is 0 Å². The second-order valence-electron chi connectivity index (χ2n) is 4.93. The molecule has 0 aliphatic rings. The van der Waals surface area contributed by atoms with Gasteiger partial charge in [0.1, 0.15) is 0 Å². The normalized spacial score (nSPS) is 11.4. The van der Waals surface area contributed by atoms with E-state index in [-0.39, 0.29) is 5.69 Å². The van der Waals surface area contributed by atoms with Crippen LogP contribution in [0, 0.1) is 0 Å². The molecule has 0 atom stereocenters. The molecular formula is C16H17F3N2. The molecule has 2 rings (SSSR count). The molecule has 2 N–H and O–H groups in total. The first-order valence-corrected chi connectivity index (χ1v) is 6.59. The zero-order valence-corrected chi connectivity index (χ0v) is 11.7. The number of likely N-dealkylation sites (N-methyl/N-ethyl adjacent to an activating group) is 1. The third-order valence-corrected chi connectivity index (χ3v) is 3.34. The third-order valence-electron chi connectivity index (χ3n) is 3.34. The Morgan fingerprint density at radius 3 is 2.29 bits per heavy atom. The van der Waals surface area contributed by atoms with Crippen LogP contribution in [0.1, 0.15) is 11.1 Å². The van der Waals surface area contributed by atoms with Gasteiger partial charge in [-0.3, -0.25) is 0 Å². The molecule has 0 radical (unpaired) electrons. The molecule has 5 heteroatoms. The largest absolute Gasteiger partial charge is 0.416 e. The fourth-order valence-corrected chi connectivity index (χ4v) is 2.14. The van der Waals surface area contributed by atoms with Crippen LogP contribution in [-0.4, -0.2) is 13.6 Å². The zero-order chi connectivity index (χ0) is 15.5. The highest BCUT2D eigenvalue weighted by Crippen LogP contribution is 2.33. The first-order chi connectivity index (χ1) is 9.88. The molecule has 0 aliphatic carbocycles. The molecule has 2 aromatic carbocycles. The Labute approximate surface area is 122 Å². The summed E-state index contributed by atoms with van der Waals surface area (Å²) in [5, 5.41) is 0. The van der Waals surface area contributed by atoms with Crippen molar-refractivity contribution in [1.29, 1.82) is 0 Å². The van der Waals surface area contributed by atoms with Gasteiger partial charge >= 0.3 is 6.18 Å². The number of hydrogen-bond donors (Lipinski definition) is 1. The van der Waals surface area contributed by atoms with Crippen molar-refractivity contribution in [3.8, 4) is 0 Å². The number of nitrogens with zero attached hydrogens (tertiary/aromatic N) is 1. The van der Waals surface area contributed by atoms with Crippen LogP contribution in [0.15, 0.2) is 48.5 Å². The Hall–Kier alpha value is -2.17. The number of halogens is 3. The van der Waals surface area contributed by atoms with E-state index in [1.54, 1.807) is 0 Å². The van der Waals surface area contributed by atoms with E-state index in [0.717, 1.165) is 18.6 Å². The maximum atomic E-state index is 12.6. The number of benzene rings is 2. The van der Waals surface area contributed by atoms with Crippen LogP contribution >= 0.6 is 0 Å². The predicted octanol–water partition coefficient (Wildman–Crippen LogP) is 3.97. The summed E-state index contributed by atoms with van der Waals surface area (Å²) in [5.74, 6) is 0. The van der Waals surface area contributed by atoms with Crippen LogP contribution < -0.4 is 10.6 Å². The molecule has 0 spiro atoms. The number of anilines is 2. The highest BCUT2D eigenvalue weighted by molar-refractivity contribution is 5.68. The van der Waals surface area contributed by atoms with Crippen molar-refractivity contribution in [3.63, 3.8) is 0 Å². The van der Waals surface area contributed by atoms with E-state index in [0.29, 0.717) is 12.2 Å². The molecule has 0 fully saturated rings. The van der Waals surface area contributed by atoms with Crippen LogP contribution in [0.4, 0.5) is 24.5 Å². The van der Waals surface area contributed by atoms with Gasteiger partial charge in [-0.1, -0.05) is 30.3 Å². The lowest BCUT2D eigenvalue weighted by Gasteiger charge is -2.22. The molecule has 0 unspecified atom stereocenters. The van der Waals surface area contributed by atoms with E-state index in [1.807, 2.05) is 42.3 Å². The van der Waals surface area contributed by atoms with Crippen molar-refractivity contribution >= 4 is 11.4 Å². The molecule has 0 aliphatic heterocycles. The highest BCUT2D eigenvalue weighted by atomic mass is 19.4. The molecule has 2 nitrogen and oxygen atoms in total. The van der Waals surface area contributed by atoms with E-state index in [4.69, 9.17) is 5.73 Å². The van der Waals surface area contributed by atoms with Crippen LogP contribution in [-0.2, 0) is 12.6 Å². The quantitative estimate of drug-likeness (QED) is 0.865. The Kier molecular flexibility index (Phi) is 4.40. The van der Waals surface area contributed by atoms with Gasteiger partial charge in [0.25, 0.3) is 0 Å². The predicted molar refractivity (Wildman–Crippen MR) is 79.3 cm³/mol. The number of hydrogen-bond acceptors (Lipinski definition) is 2. The van der Waals surface area contributed by atoms with Gasteiger partial charge in [-0.15, -0.1) is 0 Å².